The Morgan fingerprint density at radius 3 is 2.93 bits per heavy atom. The number of aryl methyl sites for hydroxylation is 1. The fraction of sp³-hybridized carbons (Fsp3) is 0.304. The number of rotatable bonds is 4. The van der Waals surface area contributed by atoms with Gasteiger partial charge >= 0.3 is 0 Å². The highest BCUT2D eigenvalue weighted by molar-refractivity contribution is 7.18. The van der Waals surface area contributed by atoms with Gasteiger partial charge in [-0.1, -0.05) is 30.3 Å². The first-order chi connectivity index (χ1) is 13.8. The Kier molecular flexibility index (Phi) is 4.61. The highest BCUT2D eigenvalue weighted by atomic mass is 32.1. The number of nitrogens with one attached hydrogen (secondary N) is 1. The zero-order valence-corrected chi connectivity index (χ0v) is 16.5. The summed E-state index contributed by atoms with van der Waals surface area (Å²) >= 11 is 1.73. The van der Waals surface area contributed by atoms with Crippen LogP contribution in [0, 0.1) is 0 Å². The molecule has 4 nitrogen and oxygen atoms in total. The van der Waals surface area contributed by atoms with Gasteiger partial charge in [0.05, 0.1) is 16.3 Å². The molecule has 0 radical (unpaired) electrons. The minimum Gasteiger partial charge on any atom is -0.361 e. The summed E-state index contributed by atoms with van der Waals surface area (Å²) in [7, 11) is 0. The Labute approximate surface area is 168 Å². The number of benzene rings is 2. The number of aromatic amines is 1. The molecule has 142 valence electrons. The number of likely N-dealkylation sites (tertiary alicyclic amines) is 1. The van der Waals surface area contributed by atoms with Gasteiger partial charge in [-0.05, 0) is 49.4 Å². The van der Waals surface area contributed by atoms with Crippen molar-refractivity contribution < 1.29 is 4.79 Å². The Hall–Kier alpha value is -2.66. The van der Waals surface area contributed by atoms with Crippen LogP contribution in [0.4, 0.5) is 0 Å². The maximum absolute atomic E-state index is 13.1. The summed E-state index contributed by atoms with van der Waals surface area (Å²) in [5.41, 5.74) is 3.40. The van der Waals surface area contributed by atoms with Crippen LogP contribution in [0.5, 0.6) is 0 Å². The summed E-state index contributed by atoms with van der Waals surface area (Å²) in [5, 5.41) is 2.30. The number of para-hydroxylation sites is 2. The molecule has 4 aromatic rings. The van der Waals surface area contributed by atoms with Crippen LogP contribution >= 0.6 is 11.3 Å². The SMILES string of the molecule is O=C(CCc1c[nH]c2ccccc12)N1CCCCC1c1nc2ccccc2s1. The monoisotopic (exact) mass is 389 g/mol. The summed E-state index contributed by atoms with van der Waals surface area (Å²) in [6.07, 6.45) is 6.61. The van der Waals surface area contributed by atoms with E-state index in [-0.39, 0.29) is 11.9 Å². The Morgan fingerprint density at radius 2 is 2.00 bits per heavy atom. The molecule has 5 rings (SSSR count). The van der Waals surface area contributed by atoms with Crippen molar-refractivity contribution >= 4 is 38.4 Å². The second-order valence-corrected chi connectivity index (χ2v) is 8.54. The zero-order chi connectivity index (χ0) is 18.9. The van der Waals surface area contributed by atoms with Crippen LogP contribution in [0.2, 0.25) is 0 Å². The molecule has 1 atom stereocenters. The number of H-pyrrole nitrogens is 1. The van der Waals surface area contributed by atoms with E-state index in [0.29, 0.717) is 6.42 Å². The Morgan fingerprint density at radius 1 is 1.14 bits per heavy atom. The minimum absolute atomic E-state index is 0.126. The number of piperidine rings is 1. The molecule has 0 saturated carbocycles. The van der Waals surface area contributed by atoms with E-state index in [1.807, 2.05) is 18.3 Å². The first-order valence-electron chi connectivity index (χ1n) is 9.99. The average molecular weight is 390 g/mol. The van der Waals surface area contributed by atoms with Gasteiger partial charge in [0, 0.05) is 30.1 Å². The maximum Gasteiger partial charge on any atom is 0.223 e. The summed E-state index contributed by atoms with van der Waals surface area (Å²) in [5.74, 6) is 0.245. The lowest BCUT2D eigenvalue weighted by Crippen LogP contribution is -2.38. The standard InChI is InChI=1S/C23H23N3OS/c27-22(13-12-16-15-24-18-8-2-1-7-17(16)18)26-14-6-5-10-20(26)23-25-19-9-3-4-11-21(19)28-23/h1-4,7-9,11,15,20,24H,5-6,10,12-14H2. The van der Waals surface area contributed by atoms with Crippen LogP contribution in [-0.2, 0) is 11.2 Å². The van der Waals surface area contributed by atoms with Crippen LogP contribution in [0.1, 0.15) is 42.3 Å². The number of hydrogen-bond donors (Lipinski definition) is 1. The molecule has 0 bridgehead atoms. The van der Waals surface area contributed by atoms with E-state index < -0.39 is 0 Å². The van der Waals surface area contributed by atoms with Crippen LogP contribution in [0.25, 0.3) is 21.1 Å². The molecular weight excluding hydrogens is 366 g/mol. The van der Waals surface area contributed by atoms with Crippen LogP contribution in [0.15, 0.2) is 54.7 Å². The van der Waals surface area contributed by atoms with Crippen molar-refractivity contribution in [2.24, 2.45) is 0 Å². The largest absolute Gasteiger partial charge is 0.361 e. The number of thiazole rings is 1. The normalized spacial score (nSPS) is 17.4. The van der Waals surface area contributed by atoms with Gasteiger partial charge in [-0.25, -0.2) is 4.98 Å². The highest BCUT2D eigenvalue weighted by Gasteiger charge is 2.30. The minimum atomic E-state index is 0.126. The fourth-order valence-corrected chi connectivity index (χ4v) is 5.36. The van der Waals surface area contributed by atoms with Gasteiger partial charge in [0.2, 0.25) is 5.91 Å². The molecule has 0 aliphatic carbocycles. The molecule has 1 saturated heterocycles. The number of carbonyl (C=O) groups excluding carboxylic acids is 1. The van der Waals surface area contributed by atoms with Gasteiger partial charge in [-0.2, -0.15) is 0 Å². The van der Waals surface area contributed by atoms with Crippen molar-refractivity contribution in [2.75, 3.05) is 6.54 Å². The summed E-state index contributed by atoms with van der Waals surface area (Å²) in [4.78, 5) is 23.3. The quantitative estimate of drug-likeness (QED) is 0.503. The van der Waals surface area contributed by atoms with E-state index in [2.05, 4.69) is 46.3 Å². The third-order valence-corrected chi connectivity index (χ3v) is 6.84. The smallest absolute Gasteiger partial charge is 0.223 e. The third kappa shape index (κ3) is 3.20. The number of aromatic nitrogens is 2. The topological polar surface area (TPSA) is 49.0 Å². The molecule has 2 aromatic heterocycles. The third-order valence-electron chi connectivity index (χ3n) is 5.70. The highest BCUT2D eigenvalue weighted by Crippen LogP contribution is 2.36. The van der Waals surface area contributed by atoms with Crippen molar-refractivity contribution in [3.05, 3.63) is 65.3 Å². The molecule has 1 N–H and O–H groups in total. The van der Waals surface area contributed by atoms with Gasteiger partial charge in [0.1, 0.15) is 5.01 Å². The van der Waals surface area contributed by atoms with Crippen molar-refractivity contribution in [1.29, 1.82) is 0 Å². The summed E-state index contributed by atoms with van der Waals surface area (Å²) in [6.45, 7) is 0.841. The van der Waals surface area contributed by atoms with Crippen LogP contribution < -0.4 is 0 Å². The molecule has 0 spiro atoms. The van der Waals surface area contributed by atoms with Crippen LogP contribution in [0.3, 0.4) is 0 Å². The Balaban J connectivity index is 1.34. The number of nitrogens with zero attached hydrogens (tertiary/aromatic N) is 2. The first-order valence-corrected chi connectivity index (χ1v) is 10.8. The van der Waals surface area contributed by atoms with E-state index in [9.17, 15) is 4.79 Å². The summed E-state index contributed by atoms with van der Waals surface area (Å²) < 4.78 is 1.20. The van der Waals surface area contributed by atoms with Crippen LogP contribution in [-0.4, -0.2) is 27.3 Å². The van der Waals surface area contributed by atoms with Crippen molar-refractivity contribution in [3.8, 4) is 0 Å². The van der Waals surface area contributed by atoms with Crippen molar-refractivity contribution in [2.45, 2.75) is 38.1 Å². The van der Waals surface area contributed by atoms with E-state index in [4.69, 9.17) is 4.98 Å². The first kappa shape index (κ1) is 17.4. The lowest BCUT2D eigenvalue weighted by molar-refractivity contribution is -0.135. The van der Waals surface area contributed by atoms with Crippen molar-refractivity contribution in [3.63, 3.8) is 0 Å². The zero-order valence-electron chi connectivity index (χ0n) is 15.7. The molecule has 1 amide bonds. The molecule has 3 heterocycles. The molecule has 1 aliphatic heterocycles. The molecular formula is C23H23N3OS. The van der Waals surface area contributed by atoms with Gasteiger partial charge in [0.25, 0.3) is 0 Å². The number of hydrogen-bond acceptors (Lipinski definition) is 3. The fourth-order valence-electron chi connectivity index (χ4n) is 4.24. The molecule has 1 fully saturated rings. The van der Waals surface area contributed by atoms with E-state index in [1.54, 1.807) is 11.3 Å². The molecule has 5 heteroatoms. The molecule has 1 aliphatic rings. The van der Waals surface area contributed by atoms with Gasteiger partial charge in [0.15, 0.2) is 0 Å². The predicted octanol–water partition coefficient (Wildman–Crippen LogP) is 5.46. The van der Waals surface area contributed by atoms with E-state index in [0.717, 1.165) is 48.3 Å². The number of fused-ring (bicyclic) bond motifs is 2. The predicted molar refractivity (Wildman–Crippen MR) is 115 cm³/mol. The Bertz CT molecular complexity index is 1100. The second-order valence-electron chi connectivity index (χ2n) is 7.48. The second kappa shape index (κ2) is 7.40. The number of carbonyl (C=O) groups is 1. The van der Waals surface area contributed by atoms with Gasteiger partial charge in [-0.15, -0.1) is 11.3 Å². The van der Waals surface area contributed by atoms with E-state index >= 15 is 0 Å². The number of amides is 1. The van der Waals surface area contributed by atoms with E-state index in [1.165, 1.54) is 15.6 Å². The van der Waals surface area contributed by atoms with Gasteiger partial charge in [-0.3, -0.25) is 4.79 Å². The molecule has 28 heavy (non-hydrogen) atoms. The molecule has 1 unspecified atom stereocenters. The van der Waals surface area contributed by atoms with Gasteiger partial charge < -0.3 is 9.88 Å². The maximum atomic E-state index is 13.1. The lowest BCUT2D eigenvalue weighted by atomic mass is 10.0. The lowest BCUT2D eigenvalue weighted by Gasteiger charge is -2.34. The van der Waals surface area contributed by atoms with Crippen molar-refractivity contribution in [1.82, 2.24) is 14.9 Å². The molecule has 2 aromatic carbocycles. The average Bonchev–Trinajstić information content (AvgIpc) is 3.36. The summed E-state index contributed by atoms with van der Waals surface area (Å²) in [6, 6.07) is 16.7.